The van der Waals surface area contributed by atoms with E-state index in [1.54, 1.807) is 0 Å². The van der Waals surface area contributed by atoms with E-state index in [-0.39, 0.29) is 0 Å². The van der Waals surface area contributed by atoms with E-state index in [2.05, 4.69) is 14.9 Å². The zero-order valence-corrected chi connectivity index (χ0v) is 9.36. The molecule has 1 rings (SSSR count). The van der Waals surface area contributed by atoms with Crippen molar-refractivity contribution in [3.8, 4) is 0 Å². The number of aromatic nitrogens is 2. The average molecular weight is 236 g/mol. The predicted octanol–water partition coefficient (Wildman–Crippen LogP) is -0.199. The second kappa shape index (κ2) is 4.67. The maximum absolute atomic E-state index is 10.8. The summed E-state index contributed by atoms with van der Waals surface area (Å²) in [5.74, 6) is 0. The maximum Gasteiger partial charge on any atom is 0.231 e. The van der Waals surface area contributed by atoms with Crippen LogP contribution >= 0.6 is 11.3 Å². The Morgan fingerprint density at radius 2 is 2.21 bits per heavy atom. The topological polar surface area (TPSA) is 98.0 Å². The van der Waals surface area contributed by atoms with Gasteiger partial charge in [-0.2, -0.15) is 0 Å². The summed E-state index contributed by atoms with van der Waals surface area (Å²) in [6, 6.07) is 0. The van der Waals surface area contributed by atoms with Crippen molar-refractivity contribution in [2.45, 2.75) is 12.8 Å². The summed E-state index contributed by atoms with van der Waals surface area (Å²) in [5.41, 5.74) is 5.33. The summed E-state index contributed by atoms with van der Waals surface area (Å²) in [4.78, 5) is 0. The number of rotatable bonds is 5. The number of aryl methyl sites for hydroxylation is 1. The van der Waals surface area contributed by atoms with Crippen LogP contribution in [0, 0.1) is 0 Å². The molecule has 1 heterocycles. The standard InChI is InChI=1S/C6H12N4O2S2/c1-14(11,12)10-6-9-8-5(13-6)3-2-4-7/h2-4,7H2,1H3,(H,9,10). The van der Waals surface area contributed by atoms with Crippen LogP contribution in [-0.4, -0.2) is 31.4 Å². The number of sulfonamides is 1. The zero-order chi connectivity index (χ0) is 10.6. The number of nitrogens with two attached hydrogens (primary N) is 1. The number of nitrogens with one attached hydrogen (secondary N) is 1. The third-order valence-corrected chi connectivity index (χ3v) is 2.93. The van der Waals surface area contributed by atoms with Crippen molar-refractivity contribution in [1.29, 1.82) is 0 Å². The quantitative estimate of drug-likeness (QED) is 0.738. The summed E-state index contributed by atoms with van der Waals surface area (Å²) < 4.78 is 23.9. The highest BCUT2D eigenvalue weighted by molar-refractivity contribution is 7.92. The Kier molecular flexibility index (Phi) is 3.78. The molecule has 8 heteroatoms. The molecular weight excluding hydrogens is 224 g/mol. The Labute approximate surface area is 86.6 Å². The highest BCUT2D eigenvalue weighted by Crippen LogP contribution is 2.16. The lowest BCUT2D eigenvalue weighted by Crippen LogP contribution is -2.08. The molecular formula is C6H12N4O2S2. The minimum absolute atomic E-state index is 0.305. The lowest BCUT2D eigenvalue weighted by Gasteiger charge is -1.94. The zero-order valence-electron chi connectivity index (χ0n) is 7.73. The van der Waals surface area contributed by atoms with E-state index in [1.165, 1.54) is 11.3 Å². The van der Waals surface area contributed by atoms with Gasteiger partial charge in [-0.15, -0.1) is 10.2 Å². The lowest BCUT2D eigenvalue weighted by atomic mass is 10.3. The van der Waals surface area contributed by atoms with Gasteiger partial charge in [-0.25, -0.2) is 8.42 Å². The van der Waals surface area contributed by atoms with E-state index in [1.807, 2.05) is 0 Å². The van der Waals surface area contributed by atoms with Crippen molar-refractivity contribution in [3.05, 3.63) is 5.01 Å². The first-order valence-electron chi connectivity index (χ1n) is 4.01. The molecule has 0 aliphatic heterocycles. The molecule has 0 fully saturated rings. The van der Waals surface area contributed by atoms with Crippen molar-refractivity contribution in [3.63, 3.8) is 0 Å². The third kappa shape index (κ3) is 3.99. The largest absolute Gasteiger partial charge is 0.330 e. The van der Waals surface area contributed by atoms with Gasteiger partial charge in [-0.1, -0.05) is 11.3 Å². The summed E-state index contributed by atoms with van der Waals surface area (Å²) in [5, 5.41) is 8.61. The maximum atomic E-state index is 10.8. The van der Waals surface area contributed by atoms with Crippen LogP contribution in [0.25, 0.3) is 0 Å². The predicted molar refractivity (Wildman–Crippen MR) is 55.8 cm³/mol. The van der Waals surface area contributed by atoms with E-state index < -0.39 is 10.0 Å². The van der Waals surface area contributed by atoms with E-state index in [0.717, 1.165) is 24.1 Å². The van der Waals surface area contributed by atoms with E-state index in [4.69, 9.17) is 5.73 Å². The van der Waals surface area contributed by atoms with Crippen LogP contribution < -0.4 is 10.5 Å². The van der Waals surface area contributed by atoms with Gasteiger partial charge in [0.2, 0.25) is 15.2 Å². The van der Waals surface area contributed by atoms with Crippen LogP contribution in [0.4, 0.5) is 5.13 Å². The summed E-state index contributed by atoms with van der Waals surface area (Å²) in [6.07, 6.45) is 2.64. The molecule has 0 aliphatic rings. The third-order valence-electron chi connectivity index (χ3n) is 1.33. The van der Waals surface area contributed by atoms with E-state index >= 15 is 0 Å². The highest BCUT2D eigenvalue weighted by Gasteiger charge is 2.07. The molecule has 0 amide bonds. The van der Waals surface area contributed by atoms with Crippen molar-refractivity contribution in [2.75, 3.05) is 17.5 Å². The van der Waals surface area contributed by atoms with Crippen LogP contribution in [0.3, 0.4) is 0 Å². The van der Waals surface area contributed by atoms with Gasteiger partial charge in [0.1, 0.15) is 5.01 Å². The van der Waals surface area contributed by atoms with Crippen LogP contribution in [0.5, 0.6) is 0 Å². The van der Waals surface area contributed by atoms with Crippen LogP contribution in [0.15, 0.2) is 0 Å². The normalized spacial score (nSPS) is 11.6. The fourth-order valence-corrected chi connectivity index (χ4v) is 2.42. The molecule has 3 N–H and O–H groups in total. The van der Waals surface area contributed by atoms with Crippen molar-refractivity contribution >= 4 is 26.5 Å². The van der Waals surface area contributed by atoms with E-state index in [9.17, 15) is 8.42 Å². The van der Waals surface area contributed by atoms with Gasteiger partial charge in [-0.3, -0.25) is 4.72 Å². The highest BCUT2D eigenvalue weighted by atomic mass is 32.2. The fourth-order valence-electron chi connectivity index (χ4n) is 0.808. The molecule has 6 nitrogen and oxygen atoms in total. The van der Waals surface area contributed by atoms with Crippen molar-refractivity contribution < 1.29 is 8.42 Å². The smallest absolute Gasteiger partial charge is 0.231 e. The fraction of sp³-hybridized carbons (Fsp3) is 0.667. The molecule has 0 saturated heterocycles. The van der Waals surface area contributed by atoms with Gasteiger partial charge in [0.05, 0.1) is 6.26 Å². The molecule has 0 saturated carbocycles. The van der Waals surface area contributed by atoms with Gasteiger partial charge in [-0.05, 0) is 13.0 Å². The first-order chi connectivity index (χ1) is 6.51. The Bertz CT molecular complexity index is 386. The van der Waals surface area contributed by atoms with E-state index in [0.29, 0.717) is 11.7 Å². The van der Waals surface area contributed by atoms with Crippen LogP contribution in [0.1, 0.15) is 11.4 Å². The molecule has 0 aromatic carbocycles. The van der Waals surface area contributed by atoms with Gasteiger partial charge >= 0.3 is 0 Å². The number of nitrogens with zero attached hydrogens (tertiary/aromatic N) is 2. The molecule has 0 bridgehead atoms. The van der Waals surface area contributed by atoms with Gasteiger partial charge in [0, 0.05) is 6.42 Å². The Morgan fingerprint density at radius 3 is 2.79 bits per heavy atom. The Hall–Kier alpha value is -0.730. The van der Waals surface area contributed by atoms with Gasteiger partial charge < -0.3 is 5.73 Å². The first kappa shape index (κ1) is 11.3. The molecule has 1 aromatic heterocycles. The molecule has 0 atom stereocenters. The monoisotopic (exact) mass is 236 g/mol. The first-order valence-corrected chi connectivity index (χ1v) is 6.72. The molecule has 0 spiro atoms. The Morgan fingerprint density at radius 1 is 1.50 bits per heavy atom. The molecule has 0 unspecified atom stereocenters. The number of hydrogen-bond acceptors (Lipinski definition) is 6. The minimum atomic E-state index is -3.25. The summed E-state index contributed by atoms with van der Waals surface area (Å²) >= 11 is 1.23. The number of anilines is 1. The molecule has 0 aliphatic carbocycles. The SMILES string of the molecule is CS(=O)(=O)Nc1nnc(CCCN)s1. The lowest BCUT2D eigenvalue weighted by molar-refractivity contribution is 0.606. The minimum Gasteiger partial charge on any atom is -0.330 e. The van der Waals surface area contributed by atoms with Gasteiger partial charge in [0.15, 0.2) is 0 Å². The summed E-state index contributed by atoms with van der Waals surface area (Å²) in [7, 11) is -3.25. The van der Waals surface area contributed by atoms with Crippen LogP contribution in [0.2, 0.25) is 0 Å². The Balaban J connectivity index is 2.59. The molecule has 14 heavy (non-hydrogen) atoms. The van der Waals surface area contributed by atoms with Crippen molar-refractivity contribution in [1.82, 2.24) is 10.2 Å². The van der Waals surface area contributed by atoms with Crippen LogP contribution in [-0.2, 0) is 16.4 Å². The molecule has 80 valence electrons. The van der Waals surface area contributed by atoms with Crippen molar-refractivity contribution in [2.24, 2.45) is 5.73 Å². The second-order valence-corrected chi connectivity index (χ2v) is 5.58. The van der Waals surface area contributed by atoms with Gasteiger partial charge in [0.25, 0.3) is 0 Å². The average Bonchev–Trinajstić information content (AvgIpc) is 2.46. The second-order valence-electron chi connectivity index (χ2n) is 2.77. The summed E-state index contributed by atoms with van der Waals surface area (Å²) in [6.45, 7) is 0.592. The number of hydrogen-bond donors (Lipinski definition) is 2. The molecule has 0 radical (unpaired) electrons. The molecule has 1 aromatic rings.